The van der Waals surface area contributed by atoms with Gasteiger partial charge < -0.3 is 9.42 Å². The highest BCUT2D eigenvalue weighted by Gasteiger charge is 2.36. The molecule has 0 N–H and O–H groups in total. The monoisotopic (exact) mass is 317 g/mol. The molecule has 0 saturated carbocycles. The van der Waals surface area contributed by atoms with Crippen molar-refractivity contribution in [2.45, 2.75) is 45.4 Å². The third-order valence-corrected chi connectivity index (χ3v) is 4.04. The Kier molecular flexibility index (Phi) is 3.70. The van der Waals surface area contributed by atoms with E-state index in [9.17, 15) is 9.18 Å². The van der Waals surface area contributed by atoms with E-state index in [0.29, 0.717) is 35.9 Å². The van der Waals surface area contributed by atoms with Gasteiger partial charge in [-0.2, -0.15) is 4.98 Å². The second-order valence-electron chi connectivity index (χ2n) is 7.05. The number of benzene rings is 1. The van der Waals surface area contributed by atoms with Crippen LogP contribution >= 0.6 is 0 Å². The number of rotatable bonds is 2. The number of hydrogen-bond acceptors (Lipinski definition) is 4. The van der Waals surface area contributed by atoms with Gasteiger partial charge in [-0.05, 0) is 30.7 Å². The molecule has 0 spiro atoms. The lowest BCUT2D eigenvalue weighted by atomic mass is 9.96. The number of carbonyl (C=O) groups excluding carboxylic acids is 1. The smallest absolute Gasteiger partial charge is 0.232 e. The first kappa shape index (κ1) is 15.6. The van der Waals surface area contributed by atoms with Crippen molar-refractivity contribution in [3.8, 4) is 0 Å². The van der Waals surface area contributed by atoms with Gasteiger partial charge >= 0.3 is 0 Å². The number of nitrogens with zero attached hydrogens (tertiary/aromatic N) is 3. The lowest BCUT2D eigenvalue weighted by Crippen LogP contribution is -2.24. The van der Waals surface area contributed by atoms with Gasteiger partial charge in [-0.15, -0.1) is 0 Å². The molecule has 122 valence electrons. The molecule has 1 aliphatic rings. The molecule has 1 aromatic carbocycles. The van der Waals surface area contributed by atoms with E-state index in [-0.39, 0.29) is 23.1 Å². The molecule has 1 saturated heterocycles. The van der Waals surface area contributed by atoms with E-state index in [1.807, 2.05) is 20.8 Å². The van der Waals surface area contributed by atoms with Gasteiger partial charge in [-0.3, -0.25) is 4.79 Å². The second kappa shape index (κ2) is 5.44. The number of carbonyl (C=O) groups is 1. The molecule has 0 radical (unpaired) electrons. The Labute approximate surface area is 134 Å². The van der Waals surface area contributed by atoms with Crippen molar-refractivity contribution in [1.82, 2.24) is 10.1 Å². The third-order valence-electron chi connectivity index (χ3n) is 4.04. The standard InChI is InChI=1S/C17H20FN3O2/c1-10-7-12(5-6-13(10)18)21-9-11(8-14(21)22)15-19-16(20-23-15)17(2,3)4/h5-7,11H,8-9H2,1-4H3. The summed E-state index contributed by atoms with van der Waals surface area (Å²) < 4.78 is 18.8. The summed E-state index contributed by atoms with van der Waals surface area (Å²) in [6, 6.07) is 4.69. The molecule has 5 nitrogen and oxygen atoms in total. The van der Waals surface area contributed by atoms with Crippen molar-refractivity contribution in [3.05, 3.63) is 41.3 Å². The Hall–Kier alpha value is -2.24. The quantitative estimate of drug-likeness (QED) is 0.852. The summed E-state index contributed by atoms with van der Waals surface area (Å²) in [5.41, 5.74) is 1.02. The molecule has 1 unspecified atom stereocenters. The van der Waals surface area contributed by atoms with Crippen LogP contribution in [-0.4, -0.2) is 22.6 Å². The predicted molar refractivity (Wildman–Crippen MR) is 83.8 cm³/mol. The van der Waals surface area contributed by atoms with Crippen molar-refractivity contribution >= 4 is 11.6 Å². The van der Waals surface area contributed by atoms with Crippen LogP contribution in [0, 0.1) is 12.7 Å². The van der Waals surface area contributed by atoms with Crippen LogP contribution in [0.3, 0.4) is 0 Å². The molecule has 0 bridgehead atoms. The first-order valence-electron chi connectivity index (χ1n) is 7.66. The molecule has 6 heteroatoms. The summed E-state index contributed by atoms with van der Waals surface area (Å²) >= 11 is 0. The minimum atomic E-state index is -0.274. The summed E-state index contributed by atoms with van der Waals surface area (Å²) in [4.78, 5) is 18.4. The van der Waals surface area contributed by atoms with E-state index in [0.717, 1.165) is 0 Å². The molecule has 1 aromatic heterocycles. The SMILES string of the molecule is Cc1cc(N2CC(c3nc(C(C)(C)C)no3)CC2=O)ccc1F. The Morgan fingerprint density at radius 2 is 2.09 bits per heavy atom. The van der Waals surface area contributed by atoms with Crippen LogP contribution in [0.15, 0.2) is 22.7 Å². The van der Waals surface area contributed by atoms with Crippen LogP contribution in [0.1, 0.15) is 50.4 Å². The molecule has 23 heavy (non-hydrogen) atoms. The van der Waals surface area contributed by atoms with Crippen LogP contribution in [0.5, 0.6) is 0 Å². The number of aryl methyl sites for hydroxylation is 1. The normalized spacial score (nSPS) is 18.7. The summed E-state index contributed by atoms with van der Waals surface area (Å²) in [5, 5.41) is 4.02. The fourth-order valence-corrected chi connectivity index (χ4v) is 2.62. The van der Waals surface area contributed by atoms with Gasteiger partial charge in [0.25, 0.3) is 0 Å². The Balaban J connectivity index is 1.82. The maximum atomic E-state index is 13.4. The molecule has 0 aliphatic carbocycles. The minimum Gasteiger partial charge on any atom is -0.339 e. The van der Waals surface area contributed by atoms with Gasteiger partial charge in [-0.1, -0.05) is 25.9 Å². The van der Waals surface area contributed by atoms with Gasteiger partial charge in [-0.25, -0.2) is 4.39 Å². The molecule has 1 aliphatic heterocycles. The number of hydrogen-bond donors (Lipinski definition) is 0. The van der Waals surface area contributed by atoms with E-state index in [1.54, 1.807) is 24.0 Å². The van der Waals surface area contributed by atoms with Crippen molar-refractivity contribution in [1.29, 1.82) is 0 Å². The Morgan fingerprint density at radius 3 is 2.70 bits per heavy atom. The molecule has 1 amide bonds. The van der Waals surface area contributed by atoms with Crippen molar-refractivity contribution < 1.29 is 13.7 Å². The number of halogens is 1. The Morgan fingerprint density at radius 1 is 1.35 bits per heavy atom. The molecule has 2 aromatic rings. The van der Waals surface area contributed by atoms with E-state index < -0.39 is 0 Å². The zero-order valence-electron chi connectivity index (χ0n) is 13.8. The van der Waals surface area contributed by atoms with Crippen LogP contribution in [-0.2, 0) is 10.2 Å². The van der Waals surface area contributed by atoms with Crippen molar-refractivity contribution in [3.63, 3.8) is 0 Å². The maximum Gasteiger partial charge on any atom is 0.232 e. The first-order valence-corrected chi connectivity index (χ1v) is 7.66. The number of aromatic nitrogens is 2. The highest BCUT2D eigenvalue weighted by atomic mass is 19.1. The van der Waals surface area contributed by atoms with E-state index in [1.165, 1.54) is 6.07 Å². The number of amides is 1. The van der Waals surface area contributed by atoms with E-state index >= 15 is 0 Å². The second-order valence-corrected chi connectivity index (χ2v) is 7.05. The largest absolute Gasteiger partial charge is 0.339 e. The summed E-state index contributed by atoms with van der Waals surface area (Å²) in [5.74, 6) is 0.706. The molecule has 2 heterocycles. The average molecular weight is 317 g/mol. The van der Waals surface area contributed by atoms with Crippen molar-refractivity contribution in [2.75, 3.05) is 11.4 Å². The fraction of sp³-hybridized carbons (Fsp3) is 0.471. The van der Waals surface area contributed by atoms with Crippen LogP contribution < -0.4 is 4.90 Å². The van der Waals surface area contributed by atoms with Gasteiger partial charge in [0.05, 0.1) is 5.92 Å². The molecular weight excluding hydrogens is 297 g/mol. The van der Waals surface area contributed by atoms with Gasteiger partial charge in [0.2, 0.25) is 11.8 Å². The average Bonchev–Trinajstić information content (AvgIpc) is 3.08. The molecule has 1 atom stereocenters. The third kappa shape index (κ3) is 2.98. The summed E-state index contributed by atoms with van der Waals surface area (Å²) in [6.07, 6.45) is 0.322. The minimum absolute atomic E-state index is 0.0171. The highest BCUT2D eigenvalue weighted by Crippen LogP contribution is 2.32. The van der Waals surface area contributed by atoms with Crippen LogP contribution in [0.4, 0.5) is 10.1 Å². The highest BCUT2D eigenvalue weighted by molar-refractivity contribution is 5.96. The molecular formula is C17H20FN3O2. The first-order chi connectivity index (χ1) is 10.8. The zero-order valence-corrected chi connectivity index (χ0v) is 13.8. The lowest BCUT2D eigenvalue weighted by Gasteiger charge is -2.16. The summed E-state index contributed by atoms with van der Waals surface area (Å²) in [7, 11) is 0. The molecule has 1 fully saturated rings. The van der Waals surface area contributed by atoms with Crippen LogP contribution in [0.25, 0.3) is 0 Å². The number of anilines is 1. The summed E-state index contributed by atoms with van der Waals surface area (Å²) in [6.45, 7) is 8.18. The zero-order chi connectivity index (χ0) is 16.8. The van der Waals surface area contributed by atoms with E-state index in [4.69, 9.17) is 4.52 Å². The van der Waals surface area contributed by atoms with E-state index in [2.05, 4.69) is 10.1 Å². The fourth-order valence-electron chi connectivity index (χ4n) is 2.62. The molecule has 3 rings (SSSR count). The van der Waals surface area contributed by atoms with Crippen molar-refractivity contribution in [2.24, 2.45) is 0 Å². The lowest BCUT2D eigenvalue weighted by molar-refractivity contribution is -0.117. The van der Waals surface area contributed by atoms with Crippen LogP contribution in [0.2, 0.25) is 0 Å². The Bertz CT molecular complexity index is 749. The van der Waals surface area contributed by atoms with Gasteiger partial charge in [0, 0.05) is 24.1 Å². The maximum absolute atomic E-state index is 13.4. The van der Waals surface area contributed by atoms with Gasteiger partial charge in [0.15, 0.2) is 5.82 Å². The predicted octanol–water partition coefficient (Wildman–Crippen LogP) is 3.34. The van der Waals surface area contributed by atoms with Gasteiger partial charge in [0.1, 0.15) is 5.82 Å². The topological polar surface area (TPSA) is 59.2 Å².